The summed E-state index contributed by atoms with van der Waals surface area (Å²) in [5, 5.41) is 9.42. The van der Waals surface area contributed by atoms with Crippen LogP contribution in [0.4, 0.5) is 5.13 Å². The highest BCUT2D eigenvalue weighted by Gasteiger charge is 2.34. The number of aryl methyl sites for hydroxylation is 1. The number of hydrogen-bond acceptors (Lipinski definition) is 6. The molecule has 1 aromatic heterocycles. The number of anilines is 1. The van der Waals surface area contributed by atoms with Crippen LogP contribution in [0, 0.1) is 0 Å². The molecule has 2 rings (SSSR count). The van der Waals surface area contributed by atoms with E-state index < -0.39 is 5.97 Å². The zero-order chi connectivity index (χ0) is 14.9. The third-order valence-corrected chi connectivity index (χ3v) is 4.96. The maximum Gasteiger partial charge on any atom is 0.347 e. The van der Waals surface area contributed by atoms with Crippen molar-refractivity contribution < 1.29 is 19.5 Å². The summed E-state index contributed by atoms with van der Waals surface area (Å²) < 4.78 is 0. The number of amides is 1. The average Bonchev–Trinajstić information content (AvgIpc) is 2.91. The van der Waals surface area contributed by atoms with Gasteiger partial charge in [-0.15, -0.1) is 0 Å². The van der Waals surface area contributed by atoms with E-state index >= 15 is 0 Å². The summed E-state index contributed by atoms with van der Waals surface area (Å²) >= 11 is 2.16. The minimum atomic E-state index is -1.02. The molecule has 1 amide bonds. The Balaban J connectivity index is 2.22. The molecule has 8 heteroatoms. The van der Waals surface area contributed by atoms with Crippen molar-refractivity contribution in [1.82, 2.24) is 4.98 Å². The van der Waals surface area contributed by atoms with Gasteiger partial charge in [-0.2, -0.15) is 0 Å². The third-order valence-electron chi connectivity index (χ3n) is 2.87. The molecule has 1 saturated heterocycles. The van der Waals surface area contributed by atoms with Crippen LogP contribution in [0.5, 0.6) is 0 Å². The maximum absolute atomic E-state index is 12.0. The lowest BCUT2D eigenvalue weighted by Crippen LogP contribution is -2.24. The largest absolute Gasteiger partial charge is 0.477 e. The SMILES string of the molecule is CCc1nc(N2CC(SC(C)=O)CC2=O)sc1C(=O)O. The van der Waals surface area contributed by atoms with Crippen LogP contribution in [0.1, 0.15) is 35.6 Å². The molecule has 1 unspecified atom stereocenters. The summed E-state index contributed by atoms with van der Waals surface area (Å²) in [5.74, 6) is -1.14. The lowest BCUT2D eigenvalue weighted by molar-refractivity contribution is -0.117. The van der Waals surface area contributed by atoms with Gasteiger partial charge in [-0.3, -0.25) is 14.5 Å². The van der Waals surface area contributed by atoms with Crippen LogP contribution in [0.3, 0.4) is 0 Å². The minimum Gasteiger partial charge on any atom is -0.477 e. The van der Waals surface area contributed by atoms with E-state index in [4.69, 9.17) is 5.11 Å². The molecule has 1 aliphatic heterocycles. The summed E-state index contributed by atoms with van der Waals surface area (Å²) in [5.41, 5.74) is 0.493. The number of nitrogens with zero attached hydrogens (tertiary/aromatic N) is 2. The van der Waals surface area contributed by atoms with E-state index in [1.165, 1.54) is 11.8 Å². The Morgan fingerprint density at radius 1 is 1.55 bits per heavy atom. The highest BCUT2D eigenvalue weighted by atomic mass is 32.2. The average molecular weight is 314 g/mol. The van der Waals surface area contributed by atoms with E-state index in [0.717, 1.165) is 23.1 Å². The molecule has 20 heavy (non-hydrogen) atoms. The molecule has 1 aromatic rings. The molecule has 2 heterocycles. The number of carbonyl (C=O) groups is 3. The minimum absolute atomic E-state index is 0.0238. The van der Waals surface area contributed by atoms with Gasteiger partial charge >= 0.3 is 5.97 Å². The van der Waals surface area contributed by atoms with Gasteiger partial charge in [0.05, 0.1) is 5.69 Å². The molecule has 0 radical (unpaired) electrons. The first kappa shape index (κ1) is 15.0. The zero-order valence-corrected chi connectivity index (χ0v) is 12.7. The first-order valence-electron chi connectivity index (χ1n) is 6.13. The number of thiazole rings is 1. The van der Waals surface area contributed by atoms with Gasteiger partial charge in [0.15, 0.2) is 10.2 Å². The van der Waals surface area contributed by atoms with Crippen molar-refractivity contribution in [2.24, 2.45) is 0 Å². The lowest BCUT2D eigenvalue weighted by atomic mass is 10.3. The van der Waals surface area contributed by atoms with Crippen LogP contribution in [-0.2, 0) is 16.0 Å². The molecule has 1 N–H and O–H groups in total. The summed E-state index contributed by atoms with van der Waals surface area (Å²) in [6, 6.07) is 0. The molecule has 6 nitrogen and oxygen atoms in total. The number of carbonyl (C=O) groups excluding carboxylic acids is 2. The molecule has 0 aromatic carbocycles. The first-order valence-corrected chi connectivity index (χ1v) is 7.82. The van der Waals surface area contributed by atoms with Gasteiger partial charge in [-0.25, -0.2) is 9.78 Å². The quantitative estimate of drug-likeness (QED) is 0.911. The summed E-state index contributed by atoms with van der Waals surface area (Å²) in [6.45, 7) is 3.70. The zero-order valence-electron chi connectivity index (χ0n) is 11.1. The second-order valence-electron chi connectivity index (χ2n) is 4.37. The number of carboxylic acids is 1. The normalized spacial score (nSPS) is 18.6. The van der Waals surface area contributed by atoms with Gasteiger partial charge in [0.25, 0.3) is 0 Å². The number of aromatic nitrogens is 1. The van der Waals surface area contributed by atoms with E-state index in [-0.39, 0.29) is 27.6 Å². The van der Waals surface area contributed by atoms with Crippen LogP contribution in [0.15, 0.2) is 0 Å². The van der Waals surface area contributed by atoms with Crippen molar-refractivity contribution >= 4 is 45.2 Å². The van der Waals surface area contributed by atoms with E-state index in [1.54, 1.807) is 0 Å². The number of aromatic carboxylic acids is 1. The van der Waals surface area contributed by atoms with Crippen molar-refractivity contribution in [2.75, 3.05) is 11.4 Å². The van der Waals surface area contributed by atoms with Gasteiger partial charge in [-0.1, -0.05) is 30.0 Å². The Morgan fingerprint density at radius 2 is 2.25 bits per heavy atom. The molecule has 0 saturated carbocycles. The Kier molecular flexibility index (Phi) is 4.44. The van der Waals surface area contributed by atoms with Crippen LogP contribution in [0.2, 0.25) is 0 Å². The van der Waals surface area contributed by atoms with Crippen molar-refractivity contribution in [3.63, 3.8) is 0 Å². The fourth-order valence-electron chi connectivity index (χ4n) is 2.03. The van der Waals surface area contributed by atoms with E-state index in [2.05, 4.69) is 4.98 Å². The molecular formula is C12H14N2O4S2. The Hall–Kier alpha value is -1.41. The summed E-state index contributed by atoms with van der Waals surface area (Å²) in [4.78, 5) is 40.1. The van der Waals surface area contributed by atoms with Crippen molar-refractivity contribution in [3.05, 3.63) is 10.6 Å². The maximum atomic E-state index is 12.0. The molecule has 108 valence electrons. The van der Waals surface area contributed by atoms with Crippen LogP contribution in [-0.4, -0.2) is 38.9 Å². The molecule has 1 atom stereocenters. The van der Waals surface area contributed by atoms with Gasteiger partial charge in [-0.05, 0) is 6.42 Å². The molecule has 0 spiro atoms. The number of rotatable bonds is 4. The Morgan fingerprint density at radius 3 is 2.75 bits per heavy atom. The van der Waals surface area contributed by atoms with Crippen LogP contribution >= 0.6 is 23.1 Å². The topological polar surface area (TPSA) is 87.6 Å². The lowest BCUT2D eigenvalue weighted by Gasteiger charge is -2.11. The number of thioether (sulfide) groups is 1. The van der Waals surface area contributed by atoms with Gasteiger partial charge in [0.1, 0.15) is 4.88 Å². The van der Waals surface area contributed by atoms with E-state index in [0.29, 0.717) is 23.8 Å². The number of hydrogen-bond donors (Lipinski definition) is 1. The van der Waals surface area contributed by atoms with Gasteiger partial charge < -0.3 is 5.11 Å². The van der Waals surface area contributed by atoms with Gasteiger partial charge in [0.2, 0.25) is 5.91 Å². The molecule has 0 bridgehead atoms. The van der Waals surface area contributed by atoms with Crippen molar-refractivity contribution in [2.45, 2.75) is 31.9 Å². The monoisotopic (exact) mass is 314 g/mol. The van der Waals surface area contributed by atoms with Gasteiger partial charge in [0, 0.05) is 25.1 Å². The predicted molar refractivity (Wildman–Crippen MR) is 77.5 cm³/mol. The molecule has 1 fully saturated rings. The highest BCUT2D eigenvalue weighted by Crippen LogP contribution is 2.33. The predicted octanol–water partition coefficient (Wildman–Crippen LogP) is 1.79. The Bertz CT molecular complexity index is 570. The standard InChI is InChI=1S/C12H14N2O4S2/c1-3-8-10(11(17)18)20-12(13-8)14-5-7(4-9(14)16)19-6(2)15/h7H,3-5H2,1-2H3,(H,17,18). The molecule has 0 aliphatic carbocycles. The van der Waals surface area contributed by atoms with E-state index in [9.17, 15) is 14.4 Å². The van der Waals surface area contributed by atoms with Crippen molar-refractivity contribution in [1.29, 1.82) is 0 Å². The first-order chi connectivity index (χ1) is 9.42. The third kappa shape index (κ3) is 3.01. The van der Waals surface area contributed by atoms with Crippen LogP contribution < -0.4 is 4.90 Å². The van der Waals surface area contributed by atoms with Crippen molar-refractivity contribution in [3.8, 4) is 0 Å². The highest BCUT2D eigenvalue weighted by molar-refractivity contribution is 8.14. The fraction of sp³-hybridized carbons (Fsp3) is 0.500. The summed E-state index contributed by atoms with van der Waals surface area (Å²) in [7, 11) is 0. The van der Waals surface area contributed by atoms with E-state index in [1.807, 2.05) is 6.92 Å². The Labute approximate surface area is 124 Å². The molecule has 1 aliphatic rings. The second kappa shape index (κ2) is 5.92. The second-order valence-corrected chi connectivity index (χ2v) is 6.83. The number of carboxylic acid groups (broad SMARTS) is 1. The fourth-order valence-corrected chi connectivity index (χ4v) is 3.97. The summed E-state index contributed by atoms with van der Waals surface area (Å²) in [6.07, 6.45) is 0.791. The van der Waals surface area contributed by atoms with Crippen LogP contribution in [0.25, 0.3) is 0 Å². The smallest absolute Gasteiger partial charge is 0.347 e. The molecular weight excluding hydrogens is 300 g/mol.